The van der Waals surface area contributed by atoms with Gasteiger partial charge in [-0.2, -0.15) is 0 Å². The van der Waals surface area contributed by atoms with Gasteiger partial charge in [-0.05, 0) is 32.4 Å². The van der Waals surface area contributed by atoms with Crippen LogP contribution in [0.5, 0.6) is 5.75 Å². The van der Waals surface area contributed by atoms with E-state index in [1.165, 1.54) is 0 Å². The molecule has 0 aliphatic heterocycles. The van der Waals surface area contributed by atoms with Crippen LogP contribution in [0.25, 0.3) is 11.0 Å². The molecule has 7 heteroatoms. The van der Waals surface area contributed by atoms with Crippen LogP contribution < -0.4 is 15.4 Å². The highest BCUT2D eigenvalue weighted by Gasteiger charge is 2.15. The van der Waals surface area contributed by atoms with Crippen molar-refractivity contribution in [2.45, 2.75) is 39.8 Å². The second kappa shape index (κ2) is 8.62. The van der Waals surface area contributed by atoms with Crippen molar-refractivity contribution in [1.29, 1.82) is 0 Å². The van der Waals surface area contributed by atoms with Crippen molar-refractivity contribution in [1.82, 2.24) is 15.8 Å². The third-order valence-electron chi connectivity index (χ3n) is 4.23. The van der Waals surface area contributed by atoms with Crippen LogP contribution in [0.4, 0.5) is 0 Å². The Labute approximate surface area is 158 Å². The molecule has 2 N–H and O–H groups in total. The molecule has 0 radical (unpaired) electrons. The zero-order valence-corrected chi connectivity index (χ0v) is 16.2. The van der Waals surface area contributed by atoms with E-state index in [1.54, 1.807) is 7.05 Å². The van der Waals surface area contributed by atoms with Crippen molar-refractivity contribution < 1.29 is 13.7 Å². The summed E-state index contributed by atoms with van der Waals surface area (Å²) in [6.07, 6.45) is 0.850. The predicted octanol–water partition coefficient (Wildman–Crippen LogP) is 3.81. The molecule has 3 rings (SSSR count). The molecule has 0 amide bonds. The lowest BCUT2D eigenvalue weighted by Crippen LogP contribution is -2.38. The van der Waals surface area contributed by atoms with Crippen LogP contribution in [0.3, 0.4) is 0 Å². The normalized spacial score (nSPS) is 13.0. The summed E-state index contributed by atoms with van der Waals surface area (Å²) in [7, 11) is 1.73. The fourth-order valence-corrected chi connectivity index (χ4v) is 2.79. The first kappa shape index (κ1) is 18.8. The number of nitrogens with zero attached hydrogens (tertiary/aromatic N) is 2. The monoisotopic (exact) mass is 370 g/mol. The molecule has 1 atom stereocenters. The van der Waals surface area contributed by atoms with Crippen molar-refractivity contribution >= 4 is 16.9 Å². The summed E-state index contributed by atoms with van der Waals surface area (Å²) in [5.41, 5.74) is 1.70. The number of aliphatic imine (C=N–C) groups is 1. The first-order valence-corrected chi connectivity index (χ1v) is 9.21. The molecule has 0 aliphatic carbocycles. The lowest BCUT2D eigenvalue weighted by atomic mass is 10.2. The van der Waals surface area contributed by atoms with Crippen LogP contribution >= 0.6 is 0 Å². The maximum Gasteiger partial charge on any atom is 0.191 e. The van der Waals surface area contributed by atoms with Crippen LogP contribution in [0.1, 0.15) is 44.0 Å². The largest absolute Gasteiger partial charge is 0.490 e. The summed E-state index contributed by atoms with van der Waals surface area (Å²) in [4.78, 5) is 4.26. The number of hydrogen-bond acceptors (Lipinski definition) is 5. The standard InChI is InChI=1S/C20H26N4O3/c1-5-15-11-16(27-24-15)12-22-20(21-4)23-13(3)18-10-14-8-7-9-17(25-6-2)19(14)26-18/h7-11,13H,5-6,12H2,1-4H3,(H2,21,22,23). The van der Waals surface area contributed by atoms with Crippen LogP contribution in [-0.2, 0) is 13.0 Å². The molecule has 0 spiro atoms. The van der Waals surface area contributed by atoms with Gasteiger partial charge in [-0.25, -0.2) is 0 Å². The molecule has 1 unspecified atom stereocenters. The molecule has 0 saturated carbocycles. The van der Waals surface area contributed by atoms with Gasteiger partial charge in [-0.15, -0.1) is 0 Å². The minimum absolute atomic E-state index is 0.0704. The lowest BCUT2D eigenvalue weighted by molar-refractivity contribution is 0.336. The van der Waals surface area contributed by atoms with Crippen molar-refractivity contribution in [3.8, 4) is 5.75 Å². The summed E-state index contributed by atoms with van der Waals surface area (Å²) in [5, 5.41) is 11.6. The van der Waals surface area contributed by atoms with E-state index in [2.05, 4.69) is 20.8 Å². The Morgan fingerprint density at radius 1 is 1.30 bits per heavy atom. The SMILES string of the molecule is CCOc1cccc2cc(C(C)NC(=NC)NCc3cc(CC)no3)oc12. The van der Waals surface area contributed by atoms with E-state index < -0.39 is 0 Å². The molecular weight excluding hydrogens is 344 g/mol. The molecule has 0 aliphatic rings. The predicted molar refractivity (Wildman–Crippen MR) is 105 cm³/mol. The maximum atomic E-state index is 6.04. The Balaban J connectivity index is 1.66. The summed E-state index contributed by atoms with van der Waals surface area (Å²) in [5.74, 6) is 3.00. The lowest BCUT2D eigenvalue weighted by Gasteiger charge is -2.15. The average molecular weight is 370 g/mol. The van der Waals surface area contributed by atoms with Gasteiger partial charge in [0.2, 0.25) is 0 Å². The van der Waals surface area contributed by atoms with E-state index in [0.29, 0.717) is 19.1 Å². The summed E-state index contributed by atoms with van der Waals surface area (Å²) < 4.78 is 17.0. The highest BCUT2D eigenvalue weighted by atomic mass is 16.5. The summed E-state index contributed by atoms with van der Waals surface area (Å²) in [6.45, 7) is 7.13. The van der Waals surface area contributed by atoms with E-state index >= 15 is 0 Å². The number of aryl methyl sites for hydroxylation is 1. The summed E-state index contributed by atoms with van der Waals surface area (Å²) in [6, 6.07) is 9.79. The number of benzene rings is 1. The first-order valence-electron chi connectivity index (χ1n) is 9.21. The van der Waals surface area contributed by atoms with Crippen molar-refractivity contribution in [3.63, 3.8) is 0 Å². The number of rotatable bonds is 7. The van der Waals surface area contributed by atoms with Crippen LogP contribution in [-0.4, -0.2) is 24.8 Å². The molecule has 0 fully saturated rings. The second-order valence-corrected chi connectivity index (χ2v) is 6.19. The zero-order chi connectivity index (χ0) is 19.2. The Hall–Kier alpha value is -2.96. The minimum atomic E-state index is -0.0704. The number of para-hydroxylation sites is 1. The topological polar surface area (TPSA) is 84.8 Å². The van der Waals surface area contributed by atoms with Gasteiger partial charge < -0.3 is 24.3 Å². The second-order valence-electron chi connectivity index (χ2n) is 6.19. The molecule has 0 bridgehead atoms. The number of guanidine groups is 1. The number of furan rings is 1. The van der Waals surface area contributed by atoms with Gasteiger partial charge in [0, 0.05) is 18.5 Å². The van der Waals surface area contributed by atoms with Gasteiger partial charge in [-0.3, -0.25) is 4.99 Å². The molecule has 0 saturated heterocycles. The van der Waals surface area contributed by atoms with Gasteiger partial charge in [-0.1, -0.05) is 24.2 Å². The molecule has 7 nitrogen and oxygen atoms in total. The Morgan fingerprint density at radius 2 is 2.15 bits per heavy atom. The number of aromatic nitrogens is 1. The van der Waals surface area contributed by atoms with E-state index in [1.807, 2.05) is 51.1 Å². The van der Waals surface area contributed by atoms with Crippen LogP contribution in [0.2, 0.25) is 0 Å². The molecule has 3 aromatic rings. The van der Waals surface area contributed by atoms with Gasteiger partial charge >= 0.3 is 0 Å². The van der Waals surface area contributed by atoms with Crippen molar-refractivity contribution in [3.05, 3.63) is 47.5 Å². The van der Waals surface area contributed by atoms with E-state index in [-0.39, 0.29) is 6.04 Å². The molecule has 27 heavy (non-hydrogen) atoms. The highest BCUT2D eigenvalue weighted by molar-refractivity contribution is 5.84. The smallest absolute Gasteiger partial charge is 0.191 e. The maximum absolute atomic E-state index is 6.04. The zero-order valence-electron chi connectivity index (χ0n) is 16.2. The first-order chi connectivity index (χ1) is 13.1. The molecule has 2 heterocycles. The number of fused-ring (bicyclic) bond motifs is 1. The van der Waals surface area contributed by atoms with E-state index in [0.717, 1.165) is 40.4 Å². The van der Waals surface area contributed by atoms with Gasteiger partial charge in [0.15, 0.2) is 23.1 Å². The third-order valence-corrected chi connectivity index (χ3v) is 4.23. The third kappa shape index (κ3) is 4.42. The van der Waals surface area contributed by atoms with Gasteiger partial charge in [0.05, 0.1) is 24.9 Å². The number of ether oxygens (including phenoxy) is 1. The van der Waals surface area contributed by atoms with Crippen molar-refractivity contribution in [2.75, 3.05) is 13.7 Å². The average Bonchev–Trinajstić information content (AvgIpc) is 3.32. The Morgan fingerprint density at radius 3 is 2.85 bits per heavy atom. The Bertz CT molecular complexity index is 913. The van der Waals surface area contributed by atoms with E-state index in [4.69, 9.17) is 13.7 Å². The molecular formula is C20H26N4O3. The van der Waals surface area contributed by atoms with Crippen molar-refractivity contribution in [2.24, 2.45) is 4.99 Å². The molecule has 1 aromatic carbocycles. The van der Waals surface area contributed by atoms with Crippen LogP contribution in [0, 0.1) is 0 Å². The fourth-order valence-electron chi connectivity index (χ4n) is 2.79. The van der Waals surface area contributed by atoms with Gasteiger partial charge in [0.25, 0.3) is 0 Å². The number of hydrogen-bond donors (Lipinski definition) is 2. The molecule has 2 aromatic heterocycles. The fraction of sp³-hybridized carbons (Fsp3) is 0.400. The minimum Gasteiger partial charge on any atom is -0.490 e. The molecule has 144 valence electrons. The highest BCUT2D eigenvalue weighted by Crippen LogP contribution is 2.31. The number of nitrogens with one attached hydrogen (secondary N) is 2. The van der Waals surface area contributed by atoms with E-state index in [9.17, 15) is 0 Å². The van der Waals surface area contributed by atoms with Gasteiger partial charge in [0.1, 0.15) is 5.76 Å². The quantitative estimate of drug-likeness (QED) is 0.486. The Kier molecular flexibility index (Phi) is 6.01. The summed E-state index contributed by atoms with van der Waals surface area (Å²) >= 11 is 0. The van der Waals surface area contributed by atoms with Crippen LogP contribution in [0.15, 0.2) is 44.3 Å².